The smallest absolute Gasteiger partial charge is 0.0963 e. The van der Waals surface area contributed by atoms with Gasteiger partial charge in [0.1, 0.15) is 0 Å². The van der Waals surface area contributed by atoms with Gasteiger partial charge in [-0.1, -0.05) is 20.3 Å². The van der Waals surface area contributed by atoms with Crippen LogP contribution in [0.5, 0.6) is 0 Å². The molecule has 94 valence electrons. The molecule has 0 atom stereocenters. The minimum atomic E-state index is -0.128. The van der Waals surface area contributed by atoms with Crippen molar-refractivity contribution in [1.29, 1.82) is 5.41 Å². The van der Waals surface area contributed by atoms with Gasteiger partial charge in [-0.2, -0.15) is 0 Å². The zero-order valence-corrected chi connectivity index (χ0v) is 11.1. The van der Waals surface area contributed by atoms with Crippen LogP contribution in [-0.4, -0.2) is 30.9 Å². The van der Waals surface area contributed by atoms with Crippen molar-refractivity contribution >= 4 is 5.84 Å². The van der Waals surface area contributed by atoms with Crippen LogP contribution in [0.15, 0.2) is 0 Å². The van der Waals surface area contributed by atoms with E-state index in [1.807, 2.05) is 0 Å². The molecule has 16 heavy (non-hydrogen) atoms. The van der Waals surface area contributed by atoms with E-state index >= 15 is 0 Å². The number of hydrogen-bond acceptors (Lipinski definition) is 2. The summed E-state index contributed by atoms with van der Waals surface area (Å²) < 4.78 is 0. The first-order valence-electron chi connectivity index (χ1n) is 6.45. The second kappa shape index (κ2) is 5.67. The van der Waals surface area contributed by atoms with Crippen LogP contribution in [-0.2, 0) is 0 Å². The average molecular weight is 225 g/mol. The first kappa shape index (κ1) is 13.5. The monoisotopic (exact) mass is 225 g/mol. The minimum absolute atomic E-state index is 0.128. The Morgan fingerprint density at radius 3 is 2.50 bits per heavy atom. The van der Waals surface area contributed by atoms with Gasteiger partial charge in [0, 0.05) is 12.0 Å². The number of amidine groups is 1. The first-order valence-corrected chi connectivity index (χ1v) is 6.45. The molecule has 1 rings (SSSR count). The third-order valence-electron chi connectivity index (χ3n) is 3.87. The third-order valence-corrected chi connectivity index (χ3v) is 3.87. The summed E-state index contributed by atoms with van der Waals surface area (Å²) in [5, 5.41) is 7.50. The highest BCUT2D eigenvalue weighted by Gasteiger charge is 2.22. The third kappa shape index (κ3) is 4.12. The standard InChI is InChI=1S/C13H27N3/c1-13(2,12(14)15)8-5-9-16(3)10-11-6-4-7-11/h11H,4-10H2,1-3H3,(H3,14,15). The van der Waals surface area contributed by atoms with Crippen LogP contribution in [0.1, 0.15) is 46.0 Å². The first-order chi connectivity index (χ1) is 7.42. The number of nitrogens with two attached hydrogens (primary N) is 1. The SMILES string of the molecule is CN(CCCC(C)(C)C(=N)N)CC1CCC1. The molecule has 0 amide bonds. The summed E-state index contributed by atoms with van der Waals surface area (Å²) in [5.41, 5.74) is 5.44. The van der Waals surface area contributed by atoms with Crippen molar-refractivity contribution in [3.8, 4) is 0 Å². The Morgan fingerprint density at radius 1 is 1.44 bits per heavy atom. The second-order valence-electron chi connectivity index (χ2n) is 5.96. The molecule has 0 aromatic heterocycles. The Bertz CT molecular complexity index is 231. The van der Waals surface area contributed by atoms with E-state index in [1.54, 1.807) is 0 Å². The Balaban J connectivity index is 2.11. The van der Waals surface area contributed by atoms with Crippen LogP contribution in [0.2, 0.25) is 0 Å². The van der Waals surface area contributed by atoms with Gasteiger partial charge in [-0.3, -0.25) is 5.41 Å². The molecule has 1 aliphatic carbocycles. The lowest BCUT2D eigenvalue weighted by Crippen LogP contribution is -2.33. The highest BCUT2D eigenvalue weighted by Crippen LogP contribution is 2.27. The van der Waals surface area contributed by atoms with Gasteiger partial charge in [-0.25, -0.2) is 0 Å². The molecule has 0 aromatic rings. The summed E-state index contributed by atoms with van der Waals surface area (Å²) in [4.78, 5) is 2.43. The minimum Gasteiger partial charge on any atom is -0.387 e. The topological polar surface area (TPSA) is 53.1 Å². The van der Waals surface area contributed by atoms with E-state index in [2.05, 4.69) is 25.8 Å². The van der Waals surface area contributed by atoms with Gasteiger partial charge in [-0.15, -0.1) is 0 Å². The molecule has 0 unspecified atom stereocenters. The maximum atomic E-state index is 7.50. The van der Waals surface area contributed by atoms with Gasteiger partial charge in [0.25, 0.3) is 0 Å². The van der Waals surface area contributed by atoms with Crippen molar-refractivity contribution in [2.24, 2.45) is 17.1 Å². The summed E-state index contributed by atoms with van der Waals surface area (Å²) in [5.74, 6) is 1.26. The van der Waals surface area contributed by atoms with Crippen molar-refractivity contribution in [3.05, 3.63) is 0 Å². The summed E-state index contributed by atoms with van der Waals surface area (Å²) in [6.07, 6.45) is 6.41. The summed E-state index contributed by atoms with van der Waals surface area (Å²) in [6, 6.07) is 0. The zero-order chi connectivity index (χ0) is 12.2. The quantitative estimate of drug-likeness (QED) is 0.516. The van der Waals surface area contributed by atoms with E-state index in [0.717, 1.165) is 25.3 Å². The maximum absolute atomic E-state index is 7.50. The van der Waals surface area contributed by atoms with Gasteiger partial charge < -0.3 is 10.6 Å². The Kier molecular flexibility index (Phi) is 4.78. The largest absolute Gasteiger partial charge is 0.387 e. The van der Waals surface area contributed by atoms with Crippen molar-refractivity contribution < 1.29 is 0 Å². The van der Waals surface area contributed by atoms with Crippen LogP contribution >= 0.6 is 0 Å². The molecule has 1 aliphatic rings. The molecule has 0 bridgehead atoms. The number of nitrogens with one attached hydrogen (secondary N) is 1. The van der Waals surface area contributed by atoms with Gasteiger partial charge in [0.15, 0.2) is 0 Å². The molecule has 0 aliphatic heterocycles. The molecule has 0 heterocycles. The molecular formula is C13H27N3. The van der Waals surface area contributed by atoms with E-state index < -0.39 is 0 Å². The Morgan fingerprint density at radius 2 is 2.06 bits per heavy atom. The van der Waals surface area contributed by atoms with Crippen LogP contribution in [0.25, 0.3) is 0 Å². The zero-order valence-electron chi connectivity index (χ0n) is 11.1. The molecule has 3 N–H and O–H groups in total. The Labute approximate surface area is 99.9 Å². The van der Waals surface area contributed by atoms with E-state index in [4.69, 9.17) is 11.1 Å². The van der Waals surface area contributed by atoms with Crippen LogP contribution in [0.3, 0.4) is 0 Å². The van der Waals surface area contributed by atoms with Crippen molar-refractivity contribution in [3.63, 3.8) is 0 Å². The molecular weight excluding hydrogens is 198 g/mol. The van der Waals surface area contributed by atoms with Gasteiger partial charge in [0.2, 0.25) is 0 Å². The molecule has 3 heteroatoms. The van der Waals surface area contributed by atoms with Gasteiger partial charge >= 0.3 is 0 Å². The van der Waals surface area contributed by atoms with Gasteiger partial charge in [-0.05, 0) is 45.2 Å². The molecule has 1 fully saturated rings. The van der Waals surface area contributed by atoms with Crippen molar-refractivity contribution in [1.82, 2.24) is 4.90 Å². The normalized spacial score (nSPS) is 17.5. The molecule has 0 radical (unpaired) electrons. The average Bonchev–Trinajstić information content (AvgIpc) is 2.11. The number of nitrogens with zero attached hydrogens (tertiary/aromatic N) is 1. The van der Waals surface area contributed by atoms with Crippen molar-refractivity contribution in [2.75, 3.05) is 20.1 Å². The van der Waals surface area contributed by atoms with Crippen LogP contribution in [0, 0.1) is 16.7 Å². The maximum Gasteiger partial charge on any atom is 0.0963 e. The van der Waals surface area contributed by atoms with E-state index in [9.17, 15) is 0 Å². The summed E-state index contributed by atoms with van der Waals surface area (Å²) >= 11 is 0. The lowest BCUT2D eigenvalue weighted by atomic mass is 9.84. The van der Waals surface area contributed by atoms with Gasteiger partial charge in [0.05, 0.1) is 5.84 Å². The number of hydrogen-bond donors (Lipinski definition) is 2. The van der Waals surface area contributed by atoms with E-state index in [-0.39, 0.29) is 5.41 Å². The fourth-order valence-corrected chi connectivity index (χ4v) is 2.13. The lowest BCUT2D eigenvalue weighted by Gasteiger charge is -2.31. The van der Waals surface area contributed by atoms with Crippen molar-refractivity contribution in [2.45, 2.75) is 46.0 Å². The predicted octanol–water partition coefficient (Wildman–Crippen LogP) is 2.46. The fraction of sp³-hybridized carbons (Fsp3) is 0.923. The summed E-state index contributed by atoms with van der Waals surface area (Å²) in [6.45, 7) is 6.50. The fourth-order valence-electron chi connectivity index (χ4n) is 2.13. The predicted molar refractivity (Wildman–Crippen MR) is 69.8 cm³/mol. The second-order valence-corrected chi connectivity index (χ2v) is 5.96. The molecule has 1 saturated carbocycles. The molecule has 0 spiro atoms. The lowest BCUT2D eigenvalue weighted by molar-refractivity contribution is 0.199. The highest BCUT2D eigenvalue weighted by atomic mass is 15.1. The molecule has 0 saturated heterocycles. The van der Waals surface area contributed by atoms with Crippen LogP contribution < -0.4 is 5.73 Å². The van der Waals surface area contributed by atoms with Crippen LogP contribution in [0.4, 0.5) is 0 Å². The highest BCUT2D eigenvalue weighted by molar-refractivity contribution is 5.82. The number of rotatable bonds is 7. The van der Waals surface area contributed by atoms with E-state index in [0.29, 0.717) is 5.84 Å². The Hall–Kier alpha value is -0.570. The molecule has 3 nitrogen and oxygen atoms in total. The summed E-state index contributed by atoms with van der Waals surface area (Å²) in [7, 11) is 2.21. The molecule has 0 aromatic carbocycles. The van der Waals surface area contributed by atoms with E-state index in [1.165, 1.54) is 25.8 Å².